The van der Waals surface area contributed by atoms with Gasteiger partial charge >= 0.3 is 0 Å². The molecule has 0 bridgehead atoms. The summed E-state index contributed by atoms with van der Waals surface area (Å²) >= 11 is 0. The molecule has 2 rings (SSSR count). The minimum Gasteiger partial charge on any atom is -0.382 e. The van der Waals surface area contributed by atoms with Gasteiger partial charge in [-0.3, -0.25) is 0 Å². The number of benzene rings is 1. The molecule has 2 atom stereocenters. The van der Waals surface area contributed by atoms with Gasteiger partial charge in [0, 0.05) is 12.2 Å². The molecule has 0 aromatic heterocycles. The number of nitrogens with one attached hydrogen (secondary N) is 1. The fourth-order valence-corrected chi connectivity index (χ4v) is 2.17. The lowest BCUT2D eigenvalue weighted by atomic mass is 10.1. The monoisotopic (exact) mass is 219 g/mol. The third-order valence-corrected chi connectivity index (χ3v) is 3.19. The molecular weight excluding hydrogens is 198 g/mol. The number of hydrogen-bond donors (Lipinski definition) is 1. The van der Waals surface area contributed by atoms with Crippen molar-refractivity contribution in [3.63, 3.8) is 0 Å². The molecule has 0 amide bonds. The molecule has 1 aromatic carbocycles. The lowest BCUT2D eigenvalue weighted by molar-refractivity contribution is 0.0637. The van der Waals surface area contributed by atoms with Gasteiger partial charge in [-0.25, -0.2) is 0 Å². The summed E-state index contributed by atoms with van der Waals surface area (Å²) in [6.07, 6.45) is 4.30. The molecule has 2 nitrogen and oxygen atoms in total. The molecule has 0 spiro atoms. The van der Waals surface area contributed by atoms with Crippen molar-refractivity contribution >= 4 is 5.69 Å². The topological polar surface area (TPSA) is 21.3 Å². The quantitative estimate of drug-likeness (QED) is 0.839. The number of ether oxygens (including phenoxy) is 1. The fraction of sp³-hybridized carbons (Fsp3) is 0.571. The Labute approximate surface area is 98.0 Å². The van der Waals surface area contributed by atoms with Crippen LogP contribution in [0.3, 0.4) is 0 Å². The Morgan fingerprint density at radius 1 is 1.38 bits per heavy atom. The largest absolute Gasteiger partial charge is 0.382 e. The van der Waals surface area contributed by atoms with E-state index in [9.17, 15) is 0 Å². The van der Waals surface area contributed by atoms with Crippen LogP contribution in [0, 0.1) is 0 Å². The highest BCUT2D eigenvalue weighted by molar-refractivity contribution is 5.45. The minimum atomic E-state index is 0.389. The summed E-state index contributed by atoms with van der Waals surface area (Å²) in [4.78, 5) is 0. The van der Waals surface area contributed by atoms with E-state index in [1.54, 1.807) is 0 Å². The number of hydrogen-bond acceptors (Lipinski definition) is 2. The average Bonchev–Trinajstić information content (AvgIpc) is 2.73. The first kappa shape index (κ1) is 11.5. The van der Waals surface area contributed by atoms with E-state index < -0.39 is 0 Å². The van der Waals surface area contributed by atoms with Crippen molar-refractivity contribution in [2.24, 2.45) is 0 Å². The lowest BCUT2D eigenvalue weighted by Gasteiger charge is -2.13. The zero-order valence-electron chi connectivity index (χ0n) is 10.2. The standard InChI is InChI=1S/C14H21NO/c1-3-12-5-4-6-13(9-12)15-10-14-8-7-11(2)16-14/h4-6,9,11,14-15H,3,7-8,10H2,1-2H3. The van der Waals surface area contributed by atoms with Gasteiger partial charge in [0.1, 0.15) is 0 Å². The van der Waals surface area contributed by atoms with E-state index in [1.807, 2.05) is 0 Å². The number of anilines is 1. The van der Waals surface area contributed by atoms with E-state index in [2.05, 4.69) is 43.4 Å². The third-order valence-electron chi connectivity index (χ3n) is 3.19. The third kappa shape index (κ3) is 2.99. The van der Waals surface area contributed by atoms with Gasteiger partial charge in [-0.15, -0.1) is 0 Å². The Morgan fingerprint density at radius 2 is 2.25 bits per heavy atom. The maximum absolute atomic E-state index is 5.78. The van der Waals surface area contributed by atoms with Crippen LogP contribution in [0.2, 0.25) is 0 Å². The van der Waals surface area contributed by atoms with Crippen LogP contribution in [0.15, 0.2) is 24.3 Å². The molecule has 2 heteroatoms. The van der Waals surface area contributed by atoms with Crippen molar-refractivity contribution in [2.75, 3.05) is 11.9 Å². The van der Waals surface area contributed by atoms with Crippen LogP contribution in [0.25, 0.3) is 0 Å². The Hall–Kier alpha value is -1.02. The summed E-state index contributed by atoms with van der Waals surface area (Å²) in [5.74, 6) is 0. The van der Waals surface area contributed by atoms with E-state index >= 15 is 0 Å². The van der Waals surface area contributed by atoms with Crippen molar-refractivity contribution in [2.45, 2.75) is 45.3 Å². The summed E-state index contributed by atoms with van der Waals surface area (Å²) < 4.78 is 5.78. The summed E-state index contributed by atoms with van der Waals surface area (Å²) in [6, 6.07) is 8.62. The second-order valence-corrected chi connectivity index (χ2v) is 4.58. The predicted octanol–water partition coefficient (Wildman–Crippen LogP) is 3.23. The van der Waals surface area contributed by atoms with Crippen LogP contribution in [-0.2, 0) is 11.2 Å². The summed E-state index contributed by atoms with van der Waals surface area (Å²) in [5.41, 5.74) is 2.59. The van der Waals surface area contributed by atoms with Crippen molar-refractivity contribution in [3.05, 3.63) is 29.8 Å². The van der Waals surface area contributed by atoms with Crippen molar-refractivity contribution in [1.82, 2.24) is 0 Å². The molecule has 1 fully saturated rings. The predicted molar refractivity (Wildman–Crippen MR) is 67.9 cm³/mol. The molecule has 1 heterocycles. The molecule has 1 aliphatic rings. The average molecular weight is 219 g/mol. The maximum atomic E-state index is 5.78. The fourth-order valence-electron chi connectivity index (χ4n) is 2.17. The van der Waals surface area contributed by atoms with Gasteiger partial charge < -0.3 is 10.1 Å². The molecule has 0 saturated carbocycles. The molecule has 1 N–H and O–H groups in total. The van der Waals surface area contributed by atoms with E-state index in [1.165, 1.54) is 24.1 Å². The molecule has 88 valence electrons. The molecule has 0 aliphatic carbocycles. The Bertz CT molecular complexity index is 337. The highest BCUT2D eigenvalue weighted by Crippen LogP contribution is 2.20. The Balaban J connectivity index is 1.84. The normalized spacial score (nSPS) is 24.6. The van der Waals surface area contributed by atoms with E-state index in [0.29, 0.717) is 12.2 Å². The lowest BCUT2D eigenvalue weighted by Crippen LogP contribution is -2.19. The summed E-state index contributed by atoms with van der Waals surface area (Å²) in [6.45, 7) is 5.26. The van der Waals surface area contributed by atoms with Gasteiger partial charge in [0.25, 0.3) is 0 Å². The first-order valence-corrected chi connectivity index (χ1v) is 6.26. The SMILES string of the molecule is CCc1cccc(NCC2CCC(C)O2)c1. The van der Waals surface area contributed by atoms with E-state index in [0.717, 1.165) is 13.0 Å². The van der Waals surface area contributed by atoms with Crippen LogP contribution >= 0.6 is 0 Å². The van der Waals surface area contributed by atoms with Crippen LogP contribution in [0.4, 0.5) is 5.69 Å². The molecule has 1 aliphatic heterocycles. The van der Waals surface area contributed by atoms with Crippen molar-refractivity contribution in [3.8, 4) is 0 Å². The highest BCUT2D eigenvalue weighted by atomic mass is 16.5. The van der Waals surface area contributed by atoms with Crippen molar-refractivity contribution < 1.29 is 4.74 Å². The van der Waals surface area contributed by atoms with Gasteiger partial charge in [-0.2, -0.15) is 0 Å². The zero-order valence-corrected chi connectivity index (χ0v) is 10.2. The molecule has 16 heavy (non-hydrogen) atoms. The summed E-state index contributed by atoms with van der Waals surface area (Å²) in [7, 11) is 0. The zero-order chi connectivity index (χ0) is 11.4. The number of aryl methyl sites for hydroxylation is 1. The number of rotatable bonds is 4. The highest BCUT2D eigenvalue weighted by Gasteiger charge is 2.21. The molecule has 0 radical (unpaired) electrons. The Kier molecular flexibility index (Phi) is 3.83. The smallest absolute Gasteiger partial charge is 0.0751 e. The van der Waals surface area contributed by atoms with Crippen LogP contribution in [0.1, 0.15) is 32.3 Å². The van der Waals surface area contributed by atoms with Gasteiger partial charge in [0.15, 0.2) is 0 Å². The van der Waals surface area contributed by atoms with Crippen LogP contribution in [-0.4, -0.2) is 18.8 Å². The van der Waals surface area contributed by atoms with Gasteiger partial charge in [0.05, 0.1) is 12.2 Å². The molecule has 1 saturated heterocycles. The first-order chi connectivity index (χ1) is 7.78. The molecular formula is C14H21NO. The van der Waals surface area contributed by atoms with Crippen LogP contribution < -0.4 is 5.32 Å². The van der Waals surface area contributed by atoms with E-state index in [-0.39, 0.29) is 0 Å². The van der Waals surface area contributed by atoms with E-state index in [4.69, 9.17) is 4.74 Å². The minimum absolute atomic E-state index is 0.389. The second kappa shape index (κ2) is 5.35. The van der Waals surface area contributed by atoms with Gasteiger partial charge in [-0.05, 0) is 43.9 Å². The second-order valence-electron chi connectivity index (χ2n) is 4.58. The van der Waals surface area contributed by atoms with Crippen LogP contribution in [0.5, 0.6) is 0 Å². The van der Waals surface area contributed by atoms with Crippen molar-refractivity contribution in [1.29, 1.82) is 0 Å². The Morgan fingerprint density at radius 3 is 2.94 bits per heavy atom. The first-order valence-electron chi connectivity index (χ1n) is 6.26. The van der Waals surface area contributed by atoms with Gasteiger partial charge in [-0.1, -0.05) is 19.1 Å². The van der Waals surface area contributed by atoms with Gasteiger partial charge in [0.2, 0.25) is 0 Å². The molecule has 2 unspecified atom stereocenters. The molecule has 1 aromatic rings. The summed E-state index contributed by atoms with van der Waals surface area (Å²) in [5, 5.41) is 3.46. The maximum Gasteiger partial charge on any atom is 0.0751 e.